The van der Waals surface area contributed by atoms with Gasteiger partial charge in [-0.15, -0.1) is 0 Å². The molecule has 0 bridgehead atoms. The van der Waals surface area contributed by atoms with E-state index in [-0.39, 0.29) is 6.10 Å². The van der Waals surface area contributed by atoms with E-state index < -0.39 is 0 Å². The Morgan fingerprint density at radius 1 is 1.24 bits per heavy atom. The Morgan fingerprint density at radius 3 is 2.47 bits per heavy atom. The summed E-state index contributed by atoms with van der Waals surface area (Å²) in [5.74, 6) is 0.655. The maximum absolute atomic E-state index is 10.1. The molecule has 1 aromatic rings. The molecule has 1 aliphatic carbocycles. The van der Waals surface area contributed by atoms with Crippen LogP contribution in [-0.2, 0) is 0 Å². The minimum atomic E-state index is -0.168. The highest BCUT2D eigenvalue weighted by atomic mass is 16.3. The largest absolute Gasteiger partial charge is 0.393 e. The van der Waals surface area contributed by atoms with Gasteiger partial charge in [0.2, 0.25) is 0 Å². The normalized spacial score (nSPS) is 26.8. The predicted molar refractivity (Wildman–Crippen MR) is 70.9 cm³/mol. The molecule has 2 heteroatoms. The van der Waals surface area contributed by atoms with Gasteiger partial charge in [0, 0.05) is 5.92 Å². The van der Waals surface area contributed by atoms with Crippen LogP contribution in [0.25, 0.3) is 0 Å². The van der Waals surface area contributed by atoms with Crippen LogP contribution < -0.4 is 5.73 Å². The summed E-state index contributed by atoms with van der Waals surface area (Å²) in [4.78, 5) is 0. The van der Waals surface area contributed by atoms with Crippen molar-refractivity contribution < 1.29 is 5.11 Å². The molecular weight excluding hydrogens is 210 g/mol. The fourth-order valence-electron chi connectivity index (χ4n) is 2.98. The molecule has 0 radical (unpaired) electrons. The van der Waals surface area contributed by atoms with Crippen LogP contribution >= 0.6 is 0 Å². The van der Waals surface area contributed by atoms with Crippen LogP contribution in [0.3, 0.4) is 0 Å². The SMILES string of the molecule is Cc1ccc(C(CN)C2CCCCC2O)cc1. The lowest BCUT2D eigenvalue weighted by Crippen LogP contribution is -2.33. The number of aryl methyl sites for hydroxylation is 1. The Bertz CT molecular complexity index is 346. The second-order valence-electron chi connectivity index (χ2n) is 5.27. The van der Waals surface area contributed by atoms with Gasteiger partial charge in [-0.1, -0.05) is 42.7 Å². The lowest BCUT2D eigenvalue weighted by atomic mass is 9.75. The standard InChI is InChI=1S/C15H23NO/c1-11-6-8-12(9-7-11)14(10-16)13-4-2-3-5-15(13)17/h6-9,13-15,17H,2-5,10,16H2,1H3. The second-order valence-corrected chi connectivity index (χ2v) is 5.27. The molecular formula is C15H23NO. The molecule has 3 atom stereocenters. The maximum atomic E-state index is 10.1. The van der Waals surface area contributed by atoms with Gasteiger partial charge < -0.3 is 10.8 Å². The Kier molecular flexibility index (Phi) is 4.19. The molecule has 17 heavy (non-hydrogen) atoms. The summed E-state index contributed by atoms with van der Waals surface area (Å²) in [6.07, 6.45) is 4.26. The summed E-state index contributed by atoms with van der Waals surface area (Å²) in [6, 6.07) is 8.59. The third-order valence-corrected chi connectivity index (χ3v) is 4.06. The molecule has 0 aromatic heterocycles. The summed E-state index contributed by atoms with van der Waals surface area (Å²) >= 11 is 0. The van der Waals surface area contributed by atoms with Crippen molar-refractivity contribution in [1.29, 1.82) is 0 Å². The summed E-state index contributed by atoms with van der Waals surface area (Å²) < 4.78 is 0. The first-order valence-electron chi connectivity index (χ1n) is 6.67. The number of aliphatic hydroxyl groups is 1. The molecule has 94 valence electrons. The minimum Gasteiger partial charge on any atom is -0.393 e. The van der Waals surface area contributed by atoms with E-state index in [9.17, 15) is 5.11 Å². The van der Waals surface area contributed by atoms with Crippen molar-refractivity contribution in [3.05, 3.63) is 35.4 Å². The van der Waals surface area contributed by atoms with Crippen LogP contribution in [-0.4, -0.2) is 17.8 Å². The summed E-state index contributed by atoms with van der Waals surface area (Å²) in [5, 5.41) is 10.1. The zero-order valence-corrected chi connectivity index (χ0v) is 10.6. The minimum absolute atomic E-state index is 0.168. The zero-order valence-electron chi connectivity index (χ0n) is 10.6. The van der Waals surface area contributed by atoms with Crippen LogP contribution in [0.2, 0.25) is 0 Å². The Labute approximate surface area is 104 Å². The van der Waals surface area contributed by atoms with Gasteiger partial charge >= 0.3 is 0 Å². The van der Waals surface area contributed by atoms with Crippen molar-refractivity contribution in [2.45, 2.75) is 44.6 Å². The molecule has 2 nitrogen and oxygen atoms in total. The first-order chi connectivity index (χ1) is 8.22. The fraction of sp³-hybridized carbons (Fsp3) is 0.600. The second kappa shape index (κ2) is 5.65. The van der Waals surface area contributed by atoms with E-state index in [1.165, 1.54) is 17.5 Å². The van der Waals surface area contributed by atoms with Crippen LogP contribution in [0.1, 0.15) is 42.7 Å². The monoisotopic (exact) mass is 233 g/mol. The zero-order chi connectivity index (χ0) is 12.3. The summed E-state index contributed by atoms with van der Waals surface area (Å²) in [7, 11) is 0. The molecule has 0 saturated heterocycles. The molecule has 0 spiro atoms. The van der Waals surface area contributed by atoms with Crippen molar-refractivity contribution in [1.82, 2.24) is 0 Å². The van der Waals surface area contributed by atoms with Crippen molar-refractivity contribution in [2.75, 3.05) is 6.54 Å². The number of rotatable bonds is 3. The van der Waals surface area contributed by atoms with Gasteiger partial charge in [0.1, 0.15) is 0 Å². The molecule has 1 saturated carbocycles. The van der Waals surface area contributed by atoms with E-state index in [1.807, 2.05) is 0 Å². The van der Waals surface area contributed by atoms with E-state index in [0.29, 0.717) is 18.4 Å². The van der Waals surface area contributed by atoms with E-state index in [0.717, 1.165) is 19.3 Å². The molecule has 3 N–H and O–H groups in total. The highest BCUT2D eigenvalue weighted by Gasteiger charge is 2.30. The highest BCUT2D eigenvalue weighted by molar-refractivity contribution is 5.25. The first kappa shape index (κ1) is 12.6. The van der Waals surface area contributed by atoms with Crippen LogP contribution in [0.5, 0.6) is 0 Å². The van der Waals surface area contributed by atoms with Gasteiger partial charge in [-0.2, -0.15) is 0 Å². The lowest BCUT2D eigenvalue weighted by Gasteiger charge is -2.34. The summed E-state index contributed by atoms with van der Waals surface area (Å²) in [5.41, 5.74) is 8.48. The smallest absolute Gasteiger partial charge is 0.0574 e. The van der Waals surface area contributed by atoms with Crippen LogP contribution in [0.4, 0.5) is 0 Å². The van der Waals surface area contributed by atoms with Gasteiger partial charge in [-0.25, -0.2) is 0 Å². The third-order valence-electron chi connectivity index (χ3n) is 4.06. The quantitative estimate of drug-likeness (QED) is 0.843. The Hall–Kier alpha value is -0.860. The van der Waals surface area contributed by atoms with Crippen molar-refractivity contribution in [2.24, 2.45) is 11.7 Å². The van der Waals surface area contributed by atoms with Gasteiger partial charge in [0.25, 0.3) is 0 Å². The van der Waals surface area contributed by atoms with E-state index in [4.69, 9.17) is 5.73 Å². The maximum Gasteiger partial charge on any atom is 0.0574 e. The first-order valence-corrected chi connectivity index (χ1v) is 6.67. The topological polar surface area (TPSA) is 46.2 Å². The number of hydrogen-bond acceptors (Lipinski definition) is 2. The molecule has 1 aromatic carbocycles. The average Bonchev–Trinajstić information content (AvgIpc) is 2.35. The molecule has 1 aliphatic rings. The number of benzene rings is 1. The van der Waals surface area contributed by atoms with Gasteiger partial charge in [0.05, 0.1) is 6.10 Å². The number of nitrogens with two attached hydrogens (primary N) is 1. The van der Waals surface area contributed by atoms with E-state index >= 15 is 0 Å². The predicted octanol–water partition coefficient (Wildman–Crippen LogP) is 2.59. The molecule has 0 amide bonds. The van der Waals surface area contributed by atoms with Gasteiger partial charge in [0.15, 0.2) is 0 Å². The average molecular weight is 233 g/mol. The van der Waals surface area contributed by atoms with E-state index in [1.54, 1.807) is 0 Å². The molecule has 0 aliphatic heterocycles. The third kappa shape index (κ3) is 2.88. The van der Waals surface area contributed by atoms with Crippen molar-refractivity contribution in [3.8, 4) is 0 Å². The van der Waals surface area contributed by atoms with Gasteiger partial charge in [-0.05, 0) is 37.8 Å². The highest BCUT2D eigenvalue weighted by Crippen LogP contribution is 2.35. The molecule has 0 heterocycles. The Morgan fingerprint density at radius 2 is 1.88 bits per heavy atom. The van der Waals surface area contributed by atoms with E-state index in [2.05, 4.69) is 31.2 Å². The molecule has 3 unspecified atom stereocenters. The number of hydrogen-bond donors (Lipinski definition) is 2. The molecule has 1 fully saturated rings. The Balaban J connectivity index is 2.17. The fourth-order valence-corrected chi connectivity index (χ4v) is 2.98. The van der Waals surface area contributed by atoms with Crippen molar-refractivity contribution >= 4 is 0 Å². The lowest BCUT2D eigenvalue weighted by molar-refractivity contribution is 0.0561. The van der Waals surface area contributed by atoms with Crippen LogP contribution in [0.15, 0.2) is 24.3 Å². The van der Waals surface area contributed by atoms with Crippen LogP contribution in [0, 0.1) is 12.8 Å². The number of aliphatic hydroxyl groups excluding tert-OH is 1. The van der Waals surface area contributed by atoms with Crippen molar-refractivity contribution in [3.63, 3.8) is 0 Å². The molecule has 2 rings (SSSR count). The van der Waals surface area contributed by atoms with Gasteiger partial charge in [-0.3, -0.25) is 0 Å². The summed E-state index contributed by atoms with van der Waals surface area (Å²) in [6.45, 7) is 2.72.